The normalized spacial score (nSPS) is 36.1. The number of phosphoric ester groups is 2. The fraction of sp³-hybridized carbons (Fsp3) is 0.500. The van der Waals surface area contributed by atoms with Gasteiger partial charge in [-0.25, -0.2) is 19.9 Å². The Kier molecular flexibility index (Phi) is 10.7. The minimum atomic E-state index is -5.32. The number of nitrogen functional groups attached to an aromatic ring is 2. The maximum Gasteiger partial charge on any atom is 1.00 e. The number of nitrogens with one attached hydrogen (secondary N) is 1. The summed E-state index contributed by atoms with van der Waals surface area (Å²) in [5.74, 6) is -0.266. The average Bonchev–Trinajstić information content (AvgIpc) is 3.72. The van der Waals surface area contributed by atoms with E-state index in [-0.39, 0.29) is 93.2 Å². The first-order valence-electron chi connectivity index (χ1n) is 12.9. The molecule has 0 aliphatic carbocycles. The van der Waals surface area contributed by atoms with Crippen LogP contribution in [-0.2, 0) is 36.7 Å². The van der Waals surface area contributed by atoms with Crippen LogP contribution in [0.3, 0.4) is 0 Å². The van der Waals surface area contributed by atoms with Crippen molar-refractivity contribution in [2.75, 3.05) is 24.7 Å². The van der Waals surface area contributed by atoms with Crippen LogP contribution in [0.5, 0.6) is 0 Å². The Morgan fingerprint density at radius 1 is 0.830 bits per heavy atom. The van der Waals surface area contributed by atoms with Crippen molar-refractivity contribution in [3.63, 3.8) is 0 Å². The summed E-state index contributed by atoms with van der Waals surface area (Å²) in [4.78, 5) is 60.2. The number of aromatic nitrogens is 8. The summed E-state index contributed by atoms with van der Waals surface area (Å²) in [7, 11) is -10.6. The van der Waals surface area contributed by atoms with E-state index in [4.69, 9.17) is 39.0 Å². The van der Waals surface area contributed by atoms with Gasteiger partial charge < -0.3 is 59.0 Å². The number of fused-ring (bicyclic) bond motifs is 4. The van der Waals surface area contributed by atoms with E-state index in [0.29, 0.717) is 0 Å². The molecule has 23 nitrogen and oxygen atoms in total. The van der Waals surface area contributed by atoms with Crippen molar-refractivity contribution < 1.29 is 116 Å². The third kappa shape index (κ3) is 6.85. The topological polar surface area (TPSA) is 335 Å². The number of hydrogen-bond acceptors (Lipinski definition) is 20. The summed E-state index contributed by atoms with van der Waals surface area (Å²) in [5.41, 5.74) is 10.7. The number of aliphatic hydroxyl groups excluding tert-OH is 2. The summed E-state index contributed by atoms with van der Waals surface area (Å²) < 4.78 is 59.9. The van der Waals surface area contributed by atoms with Crippen molar-refractivity contribution in [1.82, 2.24) is 39.0 Å². The molecule has 7 heterocycles. The smallest absolute Gasteiger partial charge is 0.756 e. The average molecular weight is 718 g/mol. The first kappa shape index (κ1) is 36.8. The number of imidazole rings is 2. The number of rotatable bonds is 2. The van der Waals surface area contributed by atoms with Crippen LogP contribution in [0.4, 0.5) is 11.8 Å². The van der Waals surface area contributed by atoms with Crippen LogP contribution in [0.1, 0.15) is 12.5 Å². The van der Waals surface area contributed by atoms with Gasteiger partial charge >= 0.3 is 59.1 Å². The molecule has 0 saturated carbocycles. The fourth-order valence-corrected chi connectivity index (χ4v) is 7.20. The zero-order chi connectivity index (χ0) is 31.8. The van der Waals surface area contributed by atoms with Crippen LogP contribution < -0.4 is 85.9 Å². The second-order valence-electron chi connectivity index (χ2n) is 10.1. The maximum absolute atomic E-state index is 13.0. The Morgan fingerprint density at radius 3 is 1.89 bits per heavy atom. The number of aromatic amines is 1. The quantitative estimate of drug-likeness (QED) is 0.0948. The Hall–Kier alpha value is -1.44. The molecule has 3 aliphatic rings. The van der Waals surface area contributed by atoms with Gasteiger partial charge in [-0.3, -0.25) is 28.0 Å². The number of aliphatic hydroxyl groups is 2. The molecule has 0 spiro atoms. The standard InChI is InChI=1S/C20H24N10O13P2.2Na/c21-14-8-15(24-3-23-14)29(4-25-8)18-10(31)12-6(40-18)1-38-45(36,37)43-13-7(2-39-44(34,35)42-12)41-19(11(13)32)30-5-26-9-16(30)27-20(22)28-17(9)33;;/h3-7,10-13,18-19,31-32H,1-2H2,(H,34,35)(H,36,37)(H2,21,23,24)(H3,22,27,28,33);;/q;2*+1/p-2/t6-,7-,10-,11-,12-,13-,18-,19-;;/m1../s1. The minimum Gasteiger partial charge on any atom is -0.756 e. The van der Waals surface area contributed by atoms with Crippen molar-refractivity contribution in [2.24, 2.45) is 0 Å². The van der Waals surface area contributed by atoms with Crippen LogP contribution in [0.25, 0.3) is 22.3 Å². The van der Waals surface area contributed by atoms with Gasteiger partial charge in [-0.1, -0.05) is 0 Å². The van der Waals surface area contributed by atoms with E-state index in [1.165, 1.54) is 10.9 Å². The predicted octanol–water partition coefficient (Wildman–Crippen LogP) is -9.60. The molecule has 3 fully saturated rings. The van der Waals surface area contributed by atoms with Gasteiger partial charge in [-0.2, -0.15) is 4.98 Å². The van der Waals surface area contributed by atoms with E-state index in [9.17, 15) is 33.9 Å². The molecule has 4 aromatic heterocycles. The van der Waals surface area contributed by atoms with Crippen molar-refractivity contribution in [2.45, 2.75) is 49.1 Å². The molecule has 0 radical (unpaired) electrons. The van der Waals surface area contributed by atoms with Crippen LogP contribution in [0.15, 0.2) is 23.8 Å². The number of nitrogens with two attached hydrogens (primary N) is 2. The van der Waals surface area contributed by atoms with E-state index >= 15 is 0 Å². The second-order valence-corrected chi connectivity index (χ2v) is 12.8. The van der Waals surface area contributed by atoms with E-state index in [1.807, 2.05) is 0 Å². The summed E-state index contributed by atoms with van der Waals surface area (Å²) in [5, 5.41) is 22.1. The van der Waals surface area contributed by atoms with Gasteiger partial charge in [-0.05, 0) is 0 Å². The number of hydrogen-bond donors (Lipinski definition) is 5. The zero-order valence-electron chi connectivity index (χ0n) is 24.3. The summed E-state index contributed by atoms with van der Waals surface area (Å²) >= 11 is 0. The first-order chi connectivity index (χ1) is 21.3. The van der Waals surface area contributed by atoms with Crippen molar-refractivity contribution >= 4 is 49.7 Å². The van der Waals surface area contributed by atoms with Crippen molar-refractivity contribution in [1.29, 1.82) is 0 Å². The van der Waals surface area contributed by atoms with Gasteiger partial charge in [0, 0.05) is 0 Å². The van der Waals surface area contributed by atoms with Crippen LogP contribution in [0.2, 0.25) is 0 Å². The van der Waals surface area contributed by atoms with E-state index in [1.54, 1.807) is 0 Å². The second kappa shape index (κ2) is 13.7. The van der Waals surface area contributed by atoms with Crippen LogP contribution >= 0.6 is 15.6 Å². The van der Waals surface area contributed by atoms with Crippen LogP contribution in [0, 0.1) is 0 Å². The molecule has 10 atom stereocenters. The molecule has 2 unspecified atom stereocenters. The molecule has 3 saturated heterocycles. The Morgan fingerprint density at radius 2 is 1.34 bits per heavy atom. The molecule has 4 aromatic rings. The van der Waals surface area contributed by atoms with Crippen molar-refractivity contribution in [3.05, 3.63) is 29.3 Å². The van der Waals surface area contributed by atoms with E-state index in [0.717, 1.165) is 17.2 Å². The maximum atomic E-state index is 13.0. The molecule has 47 heavy (non-hydrogen) atoms. The largest absolute Gasteiger partial charge is 1.00 e. The molecule has 0 aromatic carbocycles. The minimum absolute atomic E-state index is 0. The number of nitrogens with zero attached hydrogens (tertiary/aromatic N) is 7. The molecular formula is C20H22N10Na2O13P2. The SMILES string of the molecule is Nc1nc2c(ncn2[C@@H]2O[C@@H]3COP(=O)([O-])O[C@H]4[C@@H](O)[C@H](n5cnc6c(N)ncnc65)O[C@@H]4COP(=O)([O-])O[C@H]3[C@H]2O)c(=O)[nH]1.[Na+].[Na+]. The molecule has 242 valence electrons. The first-order valence-corrected chi connectivity index (χ1v) is 15.8. The summed E-state index contributed by atoms with van der Waals surface area (Å²) in [6.45, 7) is -1.83. The third-order valence-corrected chi connectivity index (χ3v) is 9.23. The van der Waals surface area contributed by atoms with Crippen LogP contribution in [-0.4, -0.2) is 99.1 Å². The Balaban J connectivity index is 0.00000217. The summed E-state index contributed by atoms with van der Waals surface area (Å²) in [6, 6.07) is 0. The Bertz CT molecular complexity index is 1950. The van der Waals surface area contributed by atoms with E-state index < -0.39 is 83.5 Å². The molecule has 3 aliphatic heterocycles. The van der Waals surface area contributed by atoms with Gasteiger partial charge in [0.05, 0.1) is 25.9 Å². The number of ether oxygens (including phenoxy) is 2. The van der Waals surface area contributed by atoms with Gasteiger partial charge in [0.25, 0.3) is 21.2 Å². The zero-order valence-corrected chi connectivity index (χ0v) is 30.1. The molecule has 7 rings (SSSR count). The Labute approximate surface area is 305 Å². The predicted molar refractivity (Wildman–Crippen MR) is 139 cm³/mol. The number of anilines is 2. The fourth-order valence-electron chi connectivity index (χ4n) is 5.30. The van der Waals surface area contributed by atoms with E-state index in [2.05, 4.69) is 29.9 Å². The molecule has 27 heteroatoms. The number of H-pyrrole nitrogens is 1. The molecule has 0 bridgehead atoms. The summed E-state index contributed by atoms with van der Waals surface area (Å²) in [6.07, 6.45) is -9.74. The molecule has 7 N–H and O–H groups in total. The monoisotopic (exact) mass is 718 g/mol. The van der Waals surface area contributed by atoms with Gasteiger partial charge in [0.2, 0.25) is 5.95 Å². The van der Waals surface area contributed by atoms with Gasteiger partial charge in [0.15, 0.2) is 35.1 Å². The van der Waals surface area contributed by atoms with Gasteiger partial charge in [0.1, 0.15) is 48.5 Å². The molecule has 0 amide bonds. The number of phosphoric acid groups is 2. The third-order valence-electron chi connectivity index (χ3n) is 7.30. The van der Waals surface area contributed by atoms with Gasteiger partial charge in [-0.15, -0.1) is 0 Å². The van der Waals surface area contributed by atoms with Crippen molar-refractivity contribution in [3.8, 4) is 0 Å². The molecular weight excluding hydrogens is 696 g/mol.